The molecule has 0 aliphatic heterocycles. The summed E-state index contributed by atoms with van der Waals surface area (Å²) in [5, 5.41) is 9.07. The number of amides is 1. The summed E-state index contributed by atoms with van der Waals surface area (Å²) in [5.74, 6) is -1.49. The maximum absolute atomic E-state index is 12.4. The van der Waals surface area contributed by atoms with Crippen molar-refractivity contribution in [1.29, 1.82) is 0 Å². The van der Waals surface area contributed by atoms with Gasteiger partial charge in [0.05, 0.1) is 16.3 Å². The Balaban J connectivity index is 1.91. The third kappa shape index (κ3) is 4.62. The lowest BCUT2D eigenvalue weighted by atomic mass is 10.3. The number of hydrogen-bond donors (Lipinski definition) is 1. The zero-order chi connectivity index (χ0) is 16.3. The van der Waals surface area contributed by atoms with Crippen molar-refractivity contribution in [3.8, 4) is 0 Å². The van der Waals surface area contributed by atoms with Crippen LogP contribution in [0.2, 0.25) is 0 Å². The Hall–Kier alpha value is -1.77. The standard InChI is InChI=1S/C13H13F3N2O3S/c14-13(15,16)8-1-4-10(17-5-8)22-7-11(19)18(6-12(20)21)9-2-3-9/h1,4-5,9H,2-3,6-7H2,(H,20,21). The maximum atomic E-state index is 12.4. The highest BCUT2D eigenvalue weighted by Crippen LogP contribution is 2.30. The van der Waals surface area contributed by atoms with Gasteiger partial charge in [-0.2, -0.15) is 13.2 Å². The molecule has 5 nitrogen and oxygen atoms in total. The van der Waals surface area contributed by atoms with Crippen LogP contribution in [0.15, 0.2) is 23.4 Å². The second-order valence-corrected chi connectivity index (χ2v) is 5.81. The molecule has 22 heavy (non-hydrogen) atoms. The molecule has 120 valence electrons. The zero-order valence-electron chi connectivity index (χ0n) is 11.3. The van der Waals surface area contributed by atoms with Crippen LogP contribution < -0.4 is 0 Å². The molecule has 1 amide bonds. The number of alkyl halides is 3. The van der Waals surface area contributed by atoms with E-state index in [0.29, 0.717) is 6.20 Å². The van der Waals surface area contributed by atoms with Crippen LogP contribution in [-0.2, 0) is 15.8 Å². The molecule has 1 fully saturated rings. The van der Waals surface area contributed by atoms with Crippen molar-refractivity contribution in [3.63, 3.8) is 0 Å². The number of halogens is 3. The fourth-order valence-corrected chi connectivity index (χ4v) is 2.53. The summed E-state index contributed by atoms with van der Waals surface area (Å²) in [6.45, 7) is -0.357. The molecular formula is C13H13F3N2O3S. The average molecular weight is 334 g/mol. The second kappa shape index (κ2) is 6.55. The van der Waals surface area contributed by atoms with Gasteiger partial charge >= 0.3 is 12.1 Å². The Morgan fingerprint density at radius 2 is 2.05 bits per heavy atom. The van der Waals surface area contributed by atoms with Crippen molar-refractivity contribution in [1.82, 2.24) is 9.88 Å². The number of rotatable bonds is 6. The third-order valence-electron chi connectivity index (χ3n) is 3.02. The van der Waals surface area contributed by atoms with Gasteiger partial charge in [0.2, 0.25) is 5.91 Å². The fraction of sp³-hybridized carbons (Fsp3) is 0.462. The van der Waals surface area contributed by atoms with Crippen LogP contribution >= 0.6 is 11.8 Å². The van der Waals surface area contributed by atoms with Crippen LogP contribution in [0.1, 0.15) is 18.4 Å². The molecule has 9 heteroatoms. The number of aromatic nitrogens is 1. The van der Waals surface area contributed by atoms with Gasteiger partial charge in [-0.15, -0.1) is 0 Å². The number of aliphatic carboxylic acids is 1. The SMILES string of the molecule is O=C(O)CN(C(=O)CSc1ccc(C(F)(F)F)cn1)C1CC1. The summed E-state index contributed by atoms with van der Waals surface area (Å²) >= 11 is 0.986. The molecule has 1 aliphatic rings. The first-order valence-electron chi connectivity index (χ1n) is 6.44. The number of pyridine rings is 1. The molecule has 0 aromatic carbocycles. The van der Waals surface area contributed by atoms with E-state index < -0.39 is 17.7 Å². The smallest absolute Gasteiger partial charge is 0.417 e. The summed E-state index contributed by atoms with van der Waals surface area (Å²) in [7, 11) is 0. The number of carboxylic acid groups (broad SMARTS) is 1. The minimum atomic E-state index is -4.45. The van der Waals surface area contributed by atoms with E-state index in [1.54, 1.807) is 0 Å². The fourth-order valence-electron chi connectivity index (χ4n) is 1.80. The summed E-state index contributed by atoms with van der Waals surface area (Å²) < 4.78 is 37.2. The molecule has 1 N–H and O–H groups in total. The summed E-state index contributed by atoms with van der Waals surface area (Å²) in [5.41, 5.74) is -0.853. The largest absolute Gasteiger partial charge is 0.480 e. The van der Waals surface area contributed by atoms with E-state index in [2.05, 4.69) is 4.98 Å². The predicted octanol–water partition coefficient (Wildman–Crippen LogP) is 2.27. The number of carboxylic acids is 1. The van der Waals surface area contributed by atoms with Gasteiger partial charge in [0.15, 0.2) is 0 Å². The number of carbonyl (C=O) groups excluding carboxylic acids is 1. The molecule has 0 atom stereocenters. The highest BCUT2D eigenvalue weighted by Gasteiger charge is 2.34. The Bertz CT molecular complexity index is 559. The lowest BCUT2D eigenvalue weighted by Gasteiger charge is -2.19. The van der Waals surface area contributed by atoms with Crippen LogP contribution in [0.4, 0.5) is 13.2 Å². The van der Waals surface area contributed by atoms with Crippen LogP contribution in [0, 0.1) is 0 Å². The minimum absolute atomic E-state index is 0.0373. The molecule has 1 saturated carbocycles. The van der Waals surface area contributed by atoms with E-state index in [1.165, 1.54) is 11.0 Å². The number of nitrogens with zero attached hydrogens (tertiary/aromatic N) is 2. The number of thioether (sulfide) groups is 1. The van der Waals surface area contributed by atoms with Gasteiger partial charge in [0.1, 0.15) is 6.54 Å². The van der Waals surface area contributed by atoms with Crippen molar-refractivity contribution in [3.05, 3.63) is 23.9 Å². The molecule has 1 aromatic heterocycles. The second-order valence-electron chi connectivity index (χ2n) is 4.82. The summed E-state index contributed by atoms with van der Waals surface area (Å²) in [4.78, 5) is 27.7. The van der Waals surface area contributed by atoms with Gasteiger partial charge in [-0.25, -0.2) is 4.98 Å². The van der Waals surface area contributed by atoms with Crippen molar-refractivity contribution in [2.45, 2.75) is 30.1 Å². The van der Waals surface area contributed by atoms with Gasteiger partial charge in [0.25, 0.3) is 0 Å². The van der Waals surface area contributed by atoms with E-state index in [-0.39, 0.29) is 29.3 Å². The van der Waals surface area contributed by atoms with Crippen molar-refractivity contribution >= 4 is 23.6 Å². The van der Waals surface area contributed by atoms with Crippen molar-refractivity contribution < 1.29 is 27.9 Å². The highest BCUT2D eigenvalue weighted by atomic mass is 32.2. The topological polar surface area (TPSA) is 70.5 Å². The first-order valence-corrected chi connectivity index (χ1v) is 7.43. The van der Waals surface area contributed by atoms with E-state index in [9.17, 15) is 22.8 Å². The molecule has 2 rings (SSSR count). The van der Waals surface area contributed by atoms with Crippen molar-refractivity contribution in [2.75, 3.05) is 12.3 Å². The summed E-state index contributed by atoms with van der Waals surface area (Å²) in [6, 6.07) is 2.06. The van der Waals surface area contributed by atoms with Gasteiger partial charge in [-0.1, -0.05) is 11.8 Å². The van der Waals surface area contributed by atoms with E-state index >= 15 is 0 Å². The molecule has 0 bridgehead atoms. The Kier molecular flexibility index (Phi) is 4.94. The quantitative estimate of drug-likeness (QED) is 0.808. The Morgan fingerprint density at radius 1 is 1.36 bits per heavy atom. The van der Waals surface area contributed by atoms with E-state index in [0.717, 1.165) is 30.7 Å². The van der Waals surface area contributed by atoms with Crippen LogP contribution in [-0.4, -0.2) is 45.2 Å². The monoisotopic (exact) mass is 334 g/mol. The molecule has 1 heterocycles. The Labute approximate surface area is 128 Å². The zero-order valence-corrected chi connectivity index (χ0v) is 12.2. The Morgan fingerprint density at radius 3 is 2.50 bits per heavy atom. The van der Waals surface area contributed by atoms with Gasteiger partial charge in [0, 0.05) is 12.2 Å². The highest BCUT2D eigenvalue weighted by molar-refractivity contribution is 7.99. The first-order chi connectivity index (χ1) is 10.3. The van der Waals surface area contributed by atoms with E-state index in [1.807, 2.05) is 0 Å². The normalized spacial score (nSPS) is 14.7. The average Bonchev–Trinajstić information content (AvgIpc) is 3.26. The predicted molar refractivity (Wildman–Crippen MR) is 72.3 cm³/mol. The lowest BCUT2D eigenvalue weighted by molar-refractivity contribution is -0.143. The molecule has 0 radical (unpaired) electrons. The molecule has 1 aromatic rings. The minimum Gasteiger partial charge on any atom is -0.480 e. The van der Waals surface area contributed by atoms with Crippen LogP contribution in [0.3, 0.4) is 0 Å². The number of hydrogen-bond acceptors (Lipinski definition) is 4. The third-order valence-corrected chi connectivity index (χ3v) is 3.95. The van der Waals surface area contributed by atoms with Gasteiger partial charge < -0.3 is 10.0 Å². The first kappa shape index (κ1) is 16.6. The van der Waals surface area contributed by atoms with Crippen LogP contribution in [0.5, 0.6) is 0 Å². The molecule has 0 saturated heterocycles. The molecule has 0 spiro atoms. The van der Waals surface area contributed by atoms with Crippen molar-refractivity contribution in [2.24, 2.45) is 0 Å². The summed E-state index contributed by atoms with van der Waals surface area (Å²) in [6.07, 6.45) is -2.18. The lowest BCUT2D eigenvalue weighted by Crippen LogP contribution is -2.38. The maximum Gasteiger partial charge on any atom is 0.417 e. The van der Waals surface area contributed by atoms with Gasteiger partial charge in [-0.3, -0.25) is 9.59 Å². The molecule has 0 unspecified atom stereocenters. The van der Waals surface area contributed by atoms with E-state index in [4.69, 9.17) is 5.11 Å². The molecular weight excluding hydrogens is 321 g/mol. The van der Waals surface area contributed by atoms with Crippen LogP contribution in [0.25, 0.3) is 0 Å². The number of carbonyl (C=O) groups is 2. The van der Waals surface area contributed by atoms with Gasteiger partial charge in [-0.05, 0) is 25.0 Å². The molecule has 1 aliphatic carbocycles.